The molecule has 0 aromatic rings. The molecule has 25 heavy (non-hydrogen) atoms. The van der Waals surface area contributed by atoms with Gasteiger partial charge in [0.1, 0.15) is 5.31 Å². The van der Waals surface area contributed by atoms with Crippen molar-refractivity contribution in [1.82, 2.24) is 0 Å². The van der Waals surface area contributed by atoms with Gasteiger partial charge in [0, 0.05) is 5.41 Å². The van der Waals surface area contributed by atoms with E-state index in [1.807, 2.05) is 0 Å². The van der Waals surface area contributed by atoms with E-state index in [9.17, 15) is 14.8 Å². The number of aliphatic hydroxyl groups is 2. The van der Waals surface area contributed by atoms with E-state index in [2.05, 4.69) is 0 Å². The average molecular weight is 376 g/mol. The maximum atomic E-state index is 13.4. The molecule has 8 heteroatoms. The summed E-state index contributed by atoms with van der Waals surface area (Å²) < 4.78 is 35.9. The Morgan fingerprint density at radius 2 is 1.64 bits per heavy atom. The molecule has 0 saturated carbocycles. The van der Waals surface area contributed by atoms with Crippen LogP contribution in [0.4, 0.5) is 0 Å². The van der Waals surface area contributed by atoms with Crippen LogP contribution in [0, 0.1) is 5.41 Å². The maximum Gasteiger partial charge on any atom is 0.363 e. The Balaban J connectivity index is 2.60. The third-order valence-electron chi connectivity index (χ3n) is 4.29. The van der Waals surface area contributed by atoms with Crippen molar-refractivity contribution in [2.24, 2.45) is 5.41 Å². The molecule has 0 aromatic carbocycles. The largest absolute Gasteiger partial charge is 0.363 e. The molecule has 2 N–H and O–H groups in total. The highest BCUT2D eigenvalue weighted by atomic mass is 31.2. The molecule has 1 spiro atoms. The van der Waals surface area contributed by atoms with Gasteiger partial charge in [-0.25, -0.2) is 0 Å². The van der Waals surface area contributed by atoms with Crippen LogP contribution in [-0.2, 0) is 23.1 Å². The molecule has 7 nitrogen and oxygen atoms in total. The molecule has 1 unspecified atom stereocenters. The smallest absolute Gasteiger partial charge is 0.362 e. The minimum absolute atomic E-state index is 0.0441. The second-order valence-corrected chi connectivity index (χ2v) is 9.50. The quantitative estimate of drug-likeness (QED) is 0.562. The lowest BCUT2D eigenvalue weighted by molar-refractivity contribution is -0.341. The Kier molecular flexibility index (Phi) is 5.21. The molecule has 2 aliphatic rings. The summed E-state index contributed by atoms with van der Waals surface area (Å²) in [6.07, 6.45) is 2.80. The van der Waals surface area contributed by atoms with E-state index >= 15 is 0 Å². The number of hydrogen-bond donors (Lipinski definition) is 2. The van der Waals surface area contributed by atoms with E-state index in [1.54, 1.807) is 41.5 Å². The molecular formula is C17H29O7P. The molecule has 0 saturated heterocycles. The SMILES string of the molecule is CCOP(=O)(OCC)C1=CC(C)(O)O[C@@]12O[C@](O)(C(C)(C)C)C=C2C. The summed E-state index contributed by atoms with van der Waals surface area (Å²) in [5.41, 5.74) is -0.226. The van der Waals surface area contributed by atoms with E-state index in [1.165, 1.54) is 19.1 Å². The van der Waals surface area contributed by atoms with Crippen LogP contribution < -0.4 is 0 Å². The van der Waals surface area contributed by atoms with Gasteiger partial charge in [-0.1, -0.05) is 20.8 Å². The molecule has 0 radical (unpaired) electrons. The minimum atomic E-state index is -3.81. The standard InChI is InChI=1S/C17H29O7P/c1-8-21-25(20,22-9-2)13-11-15(7,18)23-17(13)12(3)10-16(19,24-17)14(4,5)6/h10-11,18-19H,8-9H2,1-7H3/t15?,16-,17-/m0/s1. The van der Waals surface area contributed by atoms with Gasteiger partial charge in [0.15, 0.2) is 11.6 Å². The highest BCUT2D eigenvalue weighted by Gasteiger charge is 2.64. The van der Waals surface area contributed by atoms with Gasteiger partial charge in [-0.05, 0) is 45.4 Å². The zero-order valence-corrected chi connectivity index (χ0v) is 16.8. The summed E-state index contributed by atoms with van der Waals surface area (Å²) in [4.78, 5) is 0. The fourth-order valence-electron chi connectivity index (χ4n) is 2.94. The average Bonchev–Trinajstić information content (AvgIpc) is 2.84. The molecule has 0 amide bonds. The Labute approximate surface area is 149 Å². The van der Waals surface area contributed by atoms with Crippen molar-refractivity contribution in [2.75, 3.05) is 13.2 Å². The third kappa shape index (κ3) is 3.39. The monoisotopic (exact) mass is 376 g/mol. The van der Waals surface area contributed by atoms with Gasteiger partial charge in [-0.2, -0.15) is 0 Å². The van der Waals surface area contributed by atoms with Crippen molar-refractivity contribution in [3.63, 3.8) is 0 Å². The molecule has 2 aliphatic heterocycles. The van der Waals surface area contributed by atoms with Gasteiger partial charge < -0.3 is 28.7 Å². The van der Waals surface area contributed by atoms with Crippen LogP contribution in [0.2, 0.25) is 0 Å². The molecule has 2 heterocycles. The van der Waals surface area contributed by atoms with Crippen LogP contribution in [0.5, 0.6) is 0 Å². The van der Waals surface area contributed by atoms with E-state index in [0.29, 0.717) is 5.57 Å². The lowest BCUT2D eigenvalue weighted by Gasteiger charge is -2.40. The second-order valence-electron chi connectivity index (χ2n) is 7.51. The first kappa shape index (κ1) is 20.8. The molecule has 144 valence electrons. The Hall–Kier alpha value is -0.530. The zero-order valence-electron chi connectivity index (χ0n) is 16.0. The van der Waals surface area contributed by atoms with Crippen molar-refractivity contribution in [1.29, 1.82) is 0 Å². The van der Waals surface area contributed by atoms with Gasteiger partial charge in [0.2, 0.25) is 5.79 Å². The third-order valence-corrected chi connectivity index (χ3v) is 6.50. The lowest BCUT2D eigenvalue weighted by Crippen LogP contribution is -2.48. The maximum absolute atomic E-state index is 13.4. The Bertz CT molecular complexity index is 636. The van der Waals surface area contributed by atoms with Gasteiger partial charge in [-0.3, -0.25) is 4.57 Å². The lowest BCUT2D eigenvalue weighted by atomic mass is 9.85. The molecule has 2 rings (SSSR count). The highest BCUT2D eigenvalue weighted by Crippen LogP contribution is 2.67. The van der Waals surface area contributed by atoms with Crippen molar-refractivity contribution < 1.29 is 33.3 Å². The van der Waals surface area contributed by atoms with E-state index in [-0.39, 0.29) is 18.5 Å². The van der Waals surface area contributed by atoms with Crippen LogP contribution in [0.1, 0.15) is 48.5 Å². The highest BCUT2D eigenvalue weighted by molar-refractivity contribution is 7.58. The summed E-state index contributed by atoms with van der Waals surface area (Å²) in [7, 11) is -3.81. The summed E-state index contributed by atoms with van der Waals surface area (Å²) in [5, 5.41) is 21.5. The molecule has 0 aliphatic carbocycles. The van der Waals surface area contributed by atoms with Crippen LogP contribution in [0.3, 0.4) is 0 Å². The molecule has 0 aromatic heterocycles. The van der Waals surface area contributed by atoms with Gasteiger partial charge in [0.25, 0.3) is 0 Å². The first-order valence-corrected chi connectivity index (χ1v) is 9.97. The molecule has 3 atom stereocenters. The second kappa shape index (κ2) is 6.27. The van der Waals surface area contributed by atoms with Gasteiger partial charge in [0.05, 0.1) is 13.2 Å². The Morgan fingerprint density at radius 3 is 2.04 bits per heavy atom. The zero-order chi connectivity index (χ0) is 19.3. The Morgan fingerprint density at radius 1 is 1.12 bits per heavy atom. The van der Waals surface area contributed by atoms with E-state index in [0.717, 1.165) is 0 Å². The van der Waals surface area contributed by atoms with Crippen LogP contribution in [-0.4, -0.2) is 40.8 Å². The predicted molar refractivity (Wildman–Crippen MR) is 92.6 cm³/mol. The number of ether oxygens (including phenoxy) is 2. The normalized spacial score (nSPS) is 36.0. The van der Waals surface area contributed by atoms with Crippen LogP contribution in [0.15, 0.2) is 23.0 Å². The fourth-order valence-corrected chi connectivity index (χ4v) is 5.00. The predicted octanol–water partition coefficient (Wildman–Crippen LogP) is 3.28. The summed E-state index contributed by atoms with van der Waals surface area (Å²) in [6, 6.07) is 0. The van der Waals surface area contributed by atoms with Crippen molar-refractivity contribution in [3.8, 4) is 0 Å². The summed E-state index contributed by atoms with van der Waals surface area (Å²) in [6.45, 7) is 12.1. The first-order valence-electron chi connectivity index (χ1n) is 8.43. The number of rotatable bonds is 5. The van der Waals surface area contributed by atoms with Crippen molar-refractivity contribution in [2.45, 2.75) is 65.8 Å². The first-order chi connectivity index (χ1) is 11.3. The van der Waals surface area contributed by atoms with Crippen LogP contribution >= 0.6 is 7.60 Å². The van der Waals surface area contributed by atoms with Gasteiger partial charge in [-0.15, -0.1) is 0 Å². The molecular weight excluding hydrogens is 347 g/mol. The number of hydrogen-bond acceptors (Lipinski definition) is 7. The summed E-state index contributed by atoms with van der Waals surface area (Å²) >= 11 is 0. The van der Waals surface area contributed by atoms with E-state index < -0.39 is 30.4 Å². The fraction of sp³-hybridized carbons (Fsp3) is 0.765. The summed E-state index contributed by atoms with van der Waals surface area (Å²) in [5.74, 6) is -5.15. The topological polar surface area (TPSA) is 94.5 Å². The van der Waals surface area contributed by atoms with Crippen LogP contribution in [0.25, 0.3) is 0 Å². The van der Waals surface area contributed by atoms with Crippen molar-refractivity contribution in [3.05, 3.63) is 23.0 Å². The minimum Gasteiger partial charge on any atom is -0.362 e. The van der Waals surface area contributed by atoms with Gasteiger partial charge >= 0.3 is 7.60 Å². The van der Waals surface area contributed by atoms with E-state index in [4.69, 9.17) is 18.5 Å². The van der Waals surface area contributed by atoms with Crippen molar-refractivity contribution >= 4 is 7.60 Å². The molecule has 0 fully saturated rings. The molecule has 0 bridgehead atoms.